The van der Waals surface area contributed by atoms with Crippen LogP contribution in [0, 0.1) is 11.3 Å². The van der Waals surface area contributed by atoms with Crippen LogP contribution >= 0.6 is 0 Å². The summed E-state index contributed by atoms with van der Waals surface area (Å²) in [5.41, 5.74) is 1.38. The van der Waals surface area contributed by atoms with E-state index >= 15 is 0 Å². The Kier molecular flexibility index (Phi) is 4.14. The van der Waals surface area contributed by atoms with Crippen LogP contribution in [0.4, 0.5) is 0 Å². The third-order valence-corrected chi connectivity index (χ3v) is 2.84. The predicted molar refractivity (Wildman–Crippen MR) is 70.1 cm³/mol. The molecule has 0 N–H and O–H groups in total. The molecular weight excluding hydrogens is 242 g/mol. The molecule has 1 aliphatic rings. The third-order valence-electron chi connectivity index (χ3n) is 2.84. The van der Waals surface area contributed by atoms with Gasteiger partial charge in [-0.1, -0.05) is 30.3 Å². The van der Waals surface area contributed by atoms with E-state index in [2.05, 4.69) is 11.2 Å². The molecule has 1 unspecified atom stereocenters. The maximum absolute atomic E-state index is 11.6. The van der Waals surface area contributed by atoms with E-state index in [1.165, 1.54) is 0 Å². The van der Waals surface area contributed by atoms with E-state index < -0.39 is 12.0 Å². The van der Waals surface area contributed by atoms with Crippen LogP contribution in [0.15, 0.2) is 35.4 Å². The molecule has 0 amide bonds. The molecule has 0 spiro atoms. The van der Waals surface area contributed by atoms with Crippen molar-refractivity contribution in [1.82, 2.24) is 5.01 Å². The quantitative estimate of drug-likeness (QED) is 0.770. The first-order valence-corrected chi connectivity index (χ1v) is 6.19. The number of benzene rings is 1. The van der Waals surface area contributed by atoms with Crippen LogP contribution < -0.4 is 0 Å². The van der Waals surface area contributed by atoms with Gasteiger partial charge in [-0.3, -0.25) is 5.01 Å². The van der Waals surface area contributed by atoms with Gasteiger partial charge in [-0.15, -0.1) is 0 Å². The fourth-order valence-corrected chi connectivity index (χ4v) is 1.92. The van der Waals surface area contributed by atoms with E-state index in [9.17, 15) is 4.79 Å². The van der Waals surface area contributed by atoms with Crippen LogP contribution in [-0.2, 0) is 16.1 Å². The molecule has 2 rings (SSSR count). The van der Waals surface area contributed by atoms with E-state index in [0.717, 1.165) is 5.56 Å². The Morgan fingerprint density at radius 1 is 1.53 bits per heavy atom. The Morgan fingerprint density at radius 3 is 2.89 bits per heavy atom. The Morgan fingerprint density at radius 2 is 2.26 bits per heavy atom. The number of carbonyl (C=O) groups excluding carboxylic acids is 1. The summed E-state index contributed by atoms with van der Waals surface area (Å²) in [7, 11) is 0. The molecule has 0 saturated carbocycles. The Balaban J connectivity index is 2.10. The average Bonchev–Trinajstić information content (AvgIpc) is 2.83. The number of carbonyl (C=O) groups is 1. The fourth-order valence-electron chi connectivity index (χ4n) is 1.92. The molecule has 5 nitrogen and oxygen atoms in total. The van der Waals surface area contributed by atoms with E-state index in [4.69, 9.17) is 10.00 Å². The van der Waals surface area contributed by atoms with Crippen molar-refractivity contribution in [1.29, 1.82) is 5.26 Å². The molecule has 98 valence electrons. The van der Waals surface area contributed by atoms with E-state index in [1.54, 1.807) is 11.9 Å². The molecule has 0 aliphatic carbocycles. The summed E-state index contributed by atoms with van der Waals surface area (Å²) >= 11 is 0. The minimum atomic E-state index is -0.432. The molecule has 1 heterocycles. The fraction of sp³-hybridized carbons (Fsp3) is 0.357. The van der Waals surface area contributed by atoms with Crippen LogP contribution in [0.3, 0.4) is 0 Å². The topological polar surface area (TPSA) is 65.7 Å². The van der Waals surface area contributed by atoms with Gasteiger partial charge >= 0.3 is 5.97 Å². The lowest BCUT2D eigenvalue weighted by Crippen LogP contribution is -2.24. The van der Waals surface area contributed by atoms with Gasteiger partial charge in [-0.2, -0.15) is 10.4 Å². The van der Waals surface area contributed by atoms with E-state index in [0.29, 0.717) is 25.3 Å². The second-order valence-corrected chi connectivity index (χ2v) is 4.20. The Labute approximate surface area is 112 Å². The SMILES string of the molecule is CCOC(=O)C1=NN(Cc2ccccc2)C(C#N)C1. The van der Waals surface area contributed by atoms with Crippen molar-refractivity contribution in [3.8, 4) is 6.07 Å². The highest BCUT2D eigenvalue weighted by atomic mass is 16.5. The maximum atomic E-state index is 11.6. The first-order valence-electron chi connectivity index (χ1n) is 6.19. The first-order chi connectivity index (χ1) is 9.24. The third kappa shape index (κ3) is 3.10. The summed E-state index contributed by atoms with van der Waals surface area (Å²) in [4.78, 5) is 11.6. The largest absolute Gasteiger partial charge is 0.461 e. The predicted octanol–water partition coefficient (Wildman–Crippen LogP) is 1.70. The lowest BCUT2D eigenvalue weighted by Gasteiger charge is -2.17. The molecule has 0 aromatic heterocycles. The van der Waals surface area contributed by atoms with Gasteiger partial charge in [0.25, 0.3) is 0 Å². The summed E-state index contributed by atoms with van der Waals surface area (Å²) in [6.07, 6.45) is 0.322. The summed E-state index contributed by atoms with van der Waals surface area (Å²) < 4.78 is 4.91. The zero-order chi connectivity index (χ0) is 13.7. The van der Waals surface area contributed by atoms with Crippen LogP contribution in [0.5, 0.6) is 0 Å². The maximum Gasteiger partial charge on any atom is 0.354 e. The number of esters is 1. The van der Waals surface area contributed by atoms with E-state index in [-0.39, 0.29) is 0 Å². The molecule has 0 radical (unpaired) electrons. The van der Waals surface area contributed by atoms with Crippen molar-refractivity contribution in [3.05, 3.63) is 35.9 Å². The second-order valence-electron chi connectivity index (χ2n) is 4.20. The van der Waals surface area contributed by atoms with Crippen molar-refractivity contribution >= 4 is 11.7 Å². The number of nitrogens with zero attached hydrogens (tertiary/aromatic N) is 3. The van der Waals surface area contributed by atoms with Gasteiger partial charge in [-0.05, 0) is 12.5 Å². The molecule has 19 heavy (non-hydrogen) atoms. The Hall–Kier alpha value is -2.35. The minimum absolute atomic E-state index is 0.313. The molecule has 0 bridgehead atoms. The highest BCUT2D eigenvalue weighted by molar-refractivity contribution is 6.37. The standard InChI is InChI=1S/C14H15N3O2/c1-2-19-14(18)13-8-12(9-15)17(16-13)10-11-6-4-3-5-7-11/h3-7,12H,2,8,10H2,1H3. The number of hydrazone groups is 1. The molecule has 1 aliphatic heterocycles. The van der Waals surface area contributed by atoms with Crippen LogP contribution in [0.25, 0.3) is 0 Å². The van der Waals surface area contributed by atoms with Gasteiger partial charge in [0.1, 0.15) is 11.8 Å². The number of rotatable bonds is 4. The van der Waals surface area contributed by atoms with Crippen molar-refractivity contribution in [2.24, 2.45) is 5.10 Å². The first kappa shape index (κ1) is 13.1. The highest BCUT2D eigenvalue weighted by Gasteiger charge is 2.30. The minimum Gasteiger partial charge on any atom is -0.461 e. The second kappa shape index (κ2) is 6.01. The normalized spacial score (nSPS) is 17.8. The van der Waals surface area contributed by atoms with Crippen LogP contribution in [-0.4, -0.2) is 29.3 Å². The van der Waals surface area contributed by atoms with Crippen molar-refractivity contribution in [2.75, 3.05) is 6.61 Å². The lowest BCUT2D eigenvalue weighted by atomic mass is 10.1. The molecule has 0 fully saturated rings. The number of nitriles is 1. The summed E-state index contributed by atoms with van der Waals surface area (Å²) in [6.45, 7) is 2.58. The van der Waals surface area contributed by atoms with Gasteiger partial charge < -0.3 is 4.74 Å². The summed E-state index contributed by atoms with van der Waals surface area (Å²) in [5.74, 6) is -0.432. The highest BCUT2D eigenvalue weighted by Crippen LogP contribution is 2.18. The van der Waals surface area contributed by atoms with Crippen molar-refractivity contribution in [2.45, 2.75) is 25.9 Å². The molecule has 5 heteroatoms. The van der Waals surface area contributed by atoms with Gasteiger partial charge in [-0.25, -0.2) is 4.79 Å². The summed E-state index contributed by atoms with van der Waals surface area (Å²) in [6, 6.07) is 11.5. The van der Waals surface area contributed by atoms with Crippen molar-refractivity contribution < 1.29 is 9.53 Å². The zero-order valence-electron chi connectivity index (χ0n) is 10.7. The summed E-state index contributed by atoms with van der Waals surface area (Å²) in [5, 5.41) is 15.0. The average molecular weight is 257 g/mol. The number of hydrogen-bond donors (Lipinski definition) is 0. The van der Waals surface area contributed by atoms with Crippen LogP contribution in [0.2, 0.25) is 0 Å². The van der Waals surface area contributed by atoms with Crippen LogP contribution in [0.1, 0.15) is 18.9 Å². The lowest BCUT2D eigenvalue weighted by molar-refractivity contribution is -0.135. The van der Waals surface area contributed by atoms with Gasteiger partial charge in [0.15, 0.2) is 0 Å². The smallest absolute Gasteiger partial charge is 0.354 e. The number of ether oxygens (including phenoxy) is 1. The van der Waals surface area contributed by atoms with Gasteiger partial charge in [0.2, 0.25) is 0 Å². The molecule has 0 saturated heterocycles. The van der Waals surface area contributed by atoms with Gasteiger partial charge in [0, 0.05) is 6.42 Å². The molecule has 1 aromatic carbocycles. The monoisotopic (exact) mass is 257 g/mol. The van der Waals surface area contributed by atoms with Gasteiger partial charge in [0.05, 0.1) is 19.2 Å². The number of hydrogen-bond acceptors (Lipinski definition) is 5. The molecular formula is C14H15N3O2. The van der Waals surface area contributed by atoms with Crippen molar-refractivity contribution in [3.63, 3.8) is 0 Å². The zero-order valence-corrected chi connectivity index (χ0v) is 10.7. The van der Waals surface area contributed by atoms with E-state index in [1.807, 2.05) is 30.3 Å². The molecule has 1 aromatic rings. The molecule has 1 atom stereocenters. The Bertz CT molecular complexity index is 519.